The van der Waals surface area contributed by atoms with Crippen molar-refractivity contribution in [2.45, 2.75) is 46.2 Å². The average molecular weight is 325 g/mol. The molecule has 0 aromatic heterocycles. The lowest BCUT2D eigenvalue weighted by atomic mass is 9.92. The number of nitrogens with one attached hydrogen (secondary N) is 1. The van der Waals surface area contributed by atoms with Crippen LogP contribution in [0.2, 0.25) is 0 Å². The standard InChI is InChI=1S/C16H25BrN2/c1-11(2)14-9-18-16(4,5)10-19(14)13-8-6-7-12(3)15(13)17/h6-8,11,14,18H,9-10H2,1-5H3. The fourth-order valence-electron chi connectivity index (χ4n) is 2.80. The molecule has 1 aromatic rings. The quantitative estimate of drug-likeness (QED) is 0.885. The van der Waals surface area contributed by atoms with Crippen molar-refractivity contribution in [3.8, 4) is 0 Å². The minimum atomic E-state index is 0.161. The second-order valence-electron chi connectivity index (χ2n) is 6.61. The first kappa shape index (κ1) is 14.9. The van der Waals surface area contributed by atoms with Gasteiger partial charge in [0.25, 0.3) is 0 Å². The molecular weight excluding hydrogens is 300 g/mol. The summed E-state index contributed by atoms with van der Waals surface area (Å²) in [5, 5.41) is 3.67. The molecule has 0 aliphatic carbocycles. The number of rotatable bonds is 2. The summed E-state index contributed by atoms with van der Waals surface area (Å²) in [6, 6.07) is 7.09. The number of halogens is 1. The molecule has 1 aromatic carbocycles. The van der Waals surface area contributed by atoms with Gasteiger partial charge in [-0.05, 0) is 54.2 Å². The van der Waals surface area contributed by atoms with Crippen LogP contribution >= 0.6 is 15.9 Å². The summed E-state index contributed by atoms with van der Waals surface area (Å²) in [6.45, 7) is 13.4. The zero-order chi connectivity index (χ0) is 14.2. The molecule has 1 fully saturated rings. The maximum absolute atomic E-state index is 3.77. The fraction of sp³-hybridized carbons (Fsp3) is 0.625. The van der Waals surface area contributed by atoms with E-state index in [9.17, 15) is 0 Å². The van der Waals surface area contributed by atoms with E-state index in [1.165, 1.54) is 15.7 Å². The summed E-state index contributed by atoms with van der Waals surface area (Å²) in [6.07, 6.45) is 0. The largest absolute Gasteiger partial charge is 0.364 e. The van der Waals surface area contributed by atoms with E-state index in [0.717, 1.165) is 13.1 Å². The molecule has 2 rings (SSSR count). The number of anilines is 1. The van der Waals surface area contributed by atoms with Crippen LogP contribution in [0, 0.1) is 12.8 Å². The molecule has 1 atom stereocenters. The van der Waals surface area contributed by atoms with Gasteiger partial charge in [0.15, 0.2) is 0 Å². The Labute approximate surface area is 125 Å². The zero-order valence-electron chi connectivity index (χ0n) is 12.6. The van der Waals surface area contributed by atoms with Crippen LogP contribution in [-0.2, 0) is 0 Å². The molecular formula is C16H25BrN2. The Balaban J connectivity index is 2.39. The van der Waals surface area contributed by atoms with E-state index in [2.05, 4.69) is 79.0 Å². The van der Waals surface area contributed by atoms with Crippen molar-refractivity contribution in [1.29, 1.82) is 0 Å². The Kier molecular flexibility index (Phi) is 4.26. The van der Waals surface area contributed by atoms with Crippen LogP contribution in [0.15, 0.2) is 22.7 Å². The van der Waals surface area contributed by atoms with E-state index in [1.807, 2.05) is 0 Å². The van der Waals surface area contributed by atoms with Gasteiger partial charge in [-0.2, -0.15) is 0 Å². The van der Waals surface area contributed by atoms with Crippen LogP contribution < -0.4 is 10.2 Å². The third-order valence-electron chi connectivity index (χ3n) is 4.01. The van der Waals surface area contributed by atoms with E-state index in [4.69, 9.17) is 0 Å². The van der Waals surface area contributed by atoms with E-state index in [0.29, 0.717) is 12.0 Å². The van der Waals surface area contributed by atoms with Gasteiger partial charge in [0, 0.05) is 29.1 Å². The molecule has 1 aliphatic rings. The van der Waals surface area contributed by atoms with E-state index in [1.54, 1.807) is 0 Å². The van der Waals surface area contributed by atoms with Crippen molar-refractivity contribution in [3.05, 3.63) is 28.2 Å². The normalized spacial score (nSPS) is 22.9. The molecule has 2 nitrogen and oxygen atoms in total. The molecule has 1 N–H and O–H groups in total. The summed E-state index contributed by atoms with van der Waals surface area (Å²) in [4.78, 5) is 2.57. The van der Waals surface area contributed by atoms with E-state index in [-0.39, 0.29) is 5.54 Å². The van der Waals surface area contributed by atoms with Crippen LogP contribution in [-0.4, -0.2) is 24.7 Å². The molecule has 1 saturated heterocycles. The topological polar surface area (TPSA) is 15.3 Å². The first-order valence-electron chi connectivity index (χ1n) is 7.08. The molecule has 19 heavy (non-hydrogen) atoms. The van der Waals surface area contributed by atoms with E-state index < -0.39 is 0 Å². The van der Waals surface area contributed by atoms with Gasteiger partial charge in [0.05, 0.1) is 5.69 Å². The SMILES string of the molecule is Cc1cccc(N2CC(C)(C)NCC2C(C)C)c1Br. The number of aryl methyl sites for hydroxylation is 1. The zero-order valence-corrected chi connectivity index (χ0v) is 14.2. The predicted octanol–water partition coefficient (Wildman–Crippen LogP) is 3.97. The number of benzene rings is 1. The van der Waals surface area contributed by atoms with Gasteiger partial charge in [-0.3, -0.25) is 0 Å². The second kappa shape index (κ2) is 5.45. The lowest BCUT2D eigenvalue weighted by Gasteiger charge is -2.48. The summed E-state index contributed by atoms with van der Waals surface area (Å²) in [5.41, 5.74) is 2.79. The van der Waals surface area contributed by atoms with Crippen LogP contribution in [0.3, 0.4) is 0 Å². The van der Waals surface area contributed by atoms with Gasteiger partial charge in [-0.25, -0.2) is 0 Å². The third-order valence-corrected chi connectivity index (χ3v) is 5.04. The monoisotopic (exact) mass is 324 g/mol. The van der Waals surface area contributed by atoms with Gasteiger partial charge in [0.1, 0.15) is 0 Å². The summed E-state index contributed by atoms with van der Waals surface area (Å²) < 4.78 is 1.23. The Bertz CT molecular complexity index is 454. The minimum absolute atomic E-state index is 0.161. The minimum Gasteiger partial charge on any atom is -0.364 e. The number of piperazine rings is 1. The summed E-state index contributed by atoms with van der Waals surface area (Å²) >= 11 is 3.77. The maximum Gasteiger partial charge on any atom is 0.0517 e. The number of hydrogen-bond acceptors (Lipinski definition) is 2. The maximum atomic E-state index is 3.77. The van der Waals surface area contributed by atoms with Crippen molar-refractivity contribution in [1.82, 2.24) is 5.32 Å². The van der Waals surface area contributed by atoms with Crippen molar-refractivity contribution in [2.75, 3.05) is 18.0 Å². The molecule has 0 radical (unpaired) electrons. The smallest absolute Gasteiger partial charge is 0.0517 e. The molecule has 3 heteroatoms. The van der Waals surface area contributed by atoms with Crippen LogP contribution in [0.5, 0.6) is 0 Å². The molecule has 106 valence electrons. The van der Waals surface area contributed by atoms with Crippen molar-refractivity contribution in [3.63, 3.8) is 0 Å². The first-order valence-corrected chi connectivity index (χ1v) is 7.88. The van der Waals surface area contributed by atoms with Gasteiger partial charge >= 0.3 is 0 Å². The van der Waals surface area contributed by atoms with Crippen LogP contribution in [0.4, 0.5) is 5.69 Å². The highest BCUT2D eigenvalue weighted by molar-refractivity contribution is 9.10. The van der Waals surface area contributed by atoms with Crippen molar-refractivity contribution >= 4 is 21.6 Å². The van der Waals surface area contributed by atoms with Gasteiger partial charge < -0.3 is 10.2 Å². The Hall–Kier alpha value is -0.540. The lowest BCUT2D eigenvalue weighted by molar-refractivity contribution is 0.277. The fourth-order valence-corrected chi connectivity index (χ4v) is 3.30. The molecule has 0 saturated carbocycles. The Morgan fingerprint density at radius 1 is 1.37 bits per heavy atom. The first-order chi connectivity index (χ1) is 8.82. The molecule has 0 bridgehead atoms. The Morgan fingerprint density at radius 2 is 2.05 bits per heavy atom. The number of hydrogen-bond donors (Lipinski definition) is 1. The van der Waals surface area contributed by atoms with Crippen molar-refractivity contribution < 1.29 is 0 Å². The highest BCUT2D eigenvalue weighted by Crippen LogP contribution is 2.34. The number of nitrogens with zero attached hydrogens (tertiary/aromatic N) is 1. The van der Waals surface area contributed by atoms with Gasteiger partial charge in [-0.1, -0.05) is 26.0 Å². The molecule has 1 aliphatic heterocycles. The van der Waals surface area contributed by atoms with Crippen molar-refractivity contribution in [2.24, 2.45) is 5.92 Å². The average Bonchev–Trinajstić information content (AvgIpc) is 2.31. The molecule has 0 spiro atoms. The third kappa shape index (κ3) is 3.14. The van der Waals surface area contributed by atoms with Gasteiger partial charge in [-0.15, -0.1) is 0 Å². The lowest BCUT2D eigenvalue weighted by Crippen LogP contribution is -2.63. The van der Waals surface area contributed by atoms with Gasteiger partial charge in [0.2, 0.25) is 0 Å². The Morgan fingerprint density at radius 3 is 2.68 bits per heavy atom. The van der Waals surface area contributed by atoms with E-state index >= 15 is 0 Å². The highest BCUT2D eigenvalue weighted by atomic mass is 79.9. The van der Waals surface area contributed by atoms with Crippen LogP contribution in [0.1, 0.15) is 33.3 Å². The summed E-state index contributed by atoms with van der Waals surface area (Å²) in [7, 11) is 0. The van der Waals surface area contributed by atoms with Crippen LogP contribution in [0.25, 0.3) is 0 Å². The summed E-state index contributed by atoms with van der Waals surface area (Å²) in [5.74, 6) is 0.635. The molecule has 0 amide bonds. The predicted molar refractivity (Wildman–Crippen MR) is 86.9 cm³/mol. The molecule has 1 unspecified atom stereocenters. The highest BCUT2D eigenvalue weighted by Gasteiger charge is 2.34. The molecule has 1 heterocycles. The second-order valence-corrected chi connectivity index (χ2v) is 7.41.